The first-order valence-electron chi connectivity index (χ1n) is 6.51. The summed E-state index contributed by atoms with van der Waals surface area (Å²) in [6, 6.07) is 7.85. The molecule has 1 aromatic carbocycles. The number of Topliss-reactive ketones (excluding diaryl/α,β-unsaturated/α-hetero) is 1. The van der Waals surface area contributed by atoms with Crippen LogP contribution in [0.25, 0.3) is 0 Å². The predicted molar refractivity (Wildman–Crippen MR) is 67.3 cm³/mol. The molecule has 0 aliphatic heterocycles. The van der Waals surface area contributed by atoms with Crippen molar-refractivity contribution < 1.29 is 14.8 Å². The van der Waals surface area contributed by atoms with Crippen molar-refractivity contribution >= 4 is 5.78 Å². The zero-order chi connectivity index (χ0) is 13.6. The molecule has 0 amide bonds. The summed E-state index contributed by atoms with van der Waals surface area (Å²) in [6.07, 6.45) is 1.50. The number of carbonyl (C=O) groups excluding carboxylic acids is 1. The van der Waals surface area contributed by atoms with Gasteiger partial charge in [0.2, 0.25) is 0 Å². The Balaban J connectivity index is 2.12. The van der Waals surface area contributed by atoms with Crippen LogP contribution >= 0.6 is 0 Å². The van der Waals surface area contributed by atoms with Crippen LogP contribution in [0.1, 0.15) is 30.7 Å². The van der Waals surface area contributed by atoms with E-state index in [1.165, 1.54) is 0 Å². The van der Waals surface area contributed by atoms with E-state index in [0.29, 0.717) is 12.8 Å². The summed E-state index contributed by atoms with van der Waals surface area (Å²) >= 11 is 0. The Morgan fingerprint density at radius 3 is 2.63 bits per heavy atom. The van der Waals surface area contributed by atoms with Gasteiger partial charge in [-0.3, -0.25) is 14.9 Å². The van der Waals surface area contributed by atoms with Crippen molar-refractivity contribution in [3.05, 3.63) is 46.0 Å². The van der Waals surface area contributed by atoms with E-state index in [0.717, 1.165) is 5.56 Å². The summed E-state index contributed by atoms with van der Waals surface area (Å²) in [5.74, 6) is -1.26. The summed E-state index contributed by atoms with van der Waals surface area (Å²) in [5.41, 5.74) is -0.993. The fraction of sp³-hybridized carbons (Fsp3) is 0.500. The molecule has 0 radical (unpaired) electrons. The SMILES string of the molecule is O=C1[C@@H]2CCC[C@@]1(O)[C@@H]([N+](=O)[O-])[C@@H]2c1ccccc1. The van der Waals surface area contributed by atoms with Gasteiger partial charge in [0.15, 0.2) is 11.4 Å². The van der Waals surface area contributed by atoms with Gasteiger partial charge in [0.25, 0.3) is 6.04 Å². The van der Waals surface area contributed by atoms with Crippen molar-refractivity contribution in [2.45, 2.75) is 36.8 Å². The number of hydrogen-bond acceptors (Lipinski definition) is 4. The largest absolute Gasteiger partial charge is 0.376 e. The first kappa shape index (κ1) is 12.3. The zero-order valence-corrected chi connectivity index (χ0v) is 10.4. The van der Waals surface area contributed by atoms with E-state index in [1.54, 1.807) is 12.1 Å². The third-order valence-corrected chi connectivity index (χ3v) is 4.51. The number of fused-ring (bicyclic) bond motifs is 2. The summed E-state index contributed by atoms with van der Waals surface area (Å²) < 4.78 is 0. The highest BCUT2D eigenvalue weighted by molar-refractivity contribution is 5.94. The molecule has 2 aliphatic carbocycles. The van der Waals surface area contributed by atoms with Crippen LogP contribution in [0.15, 0.2) is 30.3 Å². The van der Waals surface area contributed by atoms with Gasteiger partial charge >= 0.3 is 0 Å². The maximum atomic E-state index is 12.3. The third kappa shape index (κ3) is 1.61. The molecular formula is C14H15NO4. The third-order valence-electron chi connectivity index (χ3n) is 4.51. The minimum Gasteiger partial charge on any atom is -0.376 e. The standard InChI is InChI=1S/C14H15NO4/c16-13-10-7-4-8-14(13,17)12(15(18)19)11(10)9-5-2-1-3-6-9/h1-3,5-6,10-12,17H,4,7-8H2/t10-,11-,12+,14-/m1/s1. The lowest BCUT2D eigenvalue weighted by molar-refractivity contribution is -0.542. The predicted octanol–water partition coefficient (Wildman–Crippen LogP) is 1.53. The van der Waals surface area contributed by atoms with Crippen LogP contribution in [0.4, 0.5) is 0 Å². The Labute approximate surface area is 110 Å². The van der Waals surface area contributed by atoms with E-state index in [2.05, 4.69) is 0 Å². The molecule has 0 saturated heterocycles. The Bertz CT molecular complexity index is 530. The number of aliphatic hydroxyl groups is 1. The monoisotopic (exact) mass is 261 g/mol. The van der Waals surface area contributed by atoms with E-state index in [4.69, 9.17) is 0 Å². The quantitative estimate of drug-likeness (QED) is 0.646. The normalized spacial score (nSPS) is 37.3. The molecule has 2 aliphatic rings. The highest BCUT2D eigenvalue weighted by Crippen LogP contribution is 2.51. The Hall–Kier alpha value is -1.75. The highest BCUT2D eigenvalue weighted by atomic mass is 16.6. The highest BCUT2D eigenvalue weighted by Gasteiger charge is 2.67. The lowest BCUT2D eigenvalue weighted by atomic mass is 9.82. The van der Waals surface area contributed by atoms with Gasteiger partial charge in [0, 0.05) is 10.8 Å². The molecule has 1 N–H and O–H groups in total. The number of ketones is 1. The van der Waals surface area contributed by atoms with E-state index in [1.807, 2.05) is 18.2 Å². The van der Waals surface area contributed by atoms with E-state index < -0.39 is 28.4 Å². The maximum absolute atomic E-state index is 12.3. The fourth-order valence-corrected chi connectivity index (χ4v) is 3.72. The molecular weight excluding hydrogens is 246 g/mol. The first-order valence-corrected chi connectivity index (χ1v) is 6.51. The molecule has 2 fully saturated rings. The smallest absolute Gasteiger partial charge is 0.255 e. The van der Waals surface area contributed by atoms with Crippen molar-refractivity contribution in [2.75, 3.05) is 0 Å². The van der Waals surface area contributed by atoms with Gasteiger partial charge in [0.1, 0.15) is 0 Å². The topological polar surface area (TPSA) is 80.4 Å². The molecule has 3 rings (SSSR count). The van der Waals surface area contributed by atoms with Crippen molar-refractivity contribution in [2.24, 2.45) is 5.92 Å². The molecule has 2 bridgehead atoms. The van der Waals surface area contributed by atoms with Crippen LogP contribution in [-0.2, 0) is 4.79 Å². The van der Waals surface area contributed by atoms with Gasteiger partial charge in [-0.05, 0) is 24.8 Å². The minimum atomic E-state index is -1.77. The summed E-state index contributed by atoms with van der Waals surface area (Å²) in [6.45, 7) is 0. The summed E-state index contributed by atoms with van der Waals surface area (Å²) in [7, 11) is 0. The van der Waals surface area contributed by atoms with Gasteiger partial charge in [-0.15, -0.1) is 0 Å². The van der Waals surface area contributed by atoms with E-state index >= 15 is 0 Å². The Morgan fingerprint density at radius 2 is 2.00 bits per heavy atom. The van der Waals surface area contributed by atoms with E-state index in [9.17, 15) is 20.0 Å². The maximum Gasteiger partial charge on any atom is 0.255 e. The average molecular weight is 261 g/mol. The number of benzene rings is 1. The molecule has 4 atom stereocenters. The second-order valence-electron chi connectivity index (χ2n) is 5.45. The number of nitro groups is 1. The molecule has 2 saturated carbocycles. The molecule has 5 nitrogen and oxygen atoms in total. The number of carbonyl (C=O) groups is 1. The zero-order valence-electron chi connectivity index (χ0n) is 10.4. The van der Waals surface area contributed by atoms with Gasteiger partial charge < -0.3 is 5.11 Å². The first-order chi connectivity index (χ1) is 9.05. The van der Waals surface area contributed by atoms with Crippen LogP contribution in [0, 0.1) is 16.0 Å². The van der Waals surface area contributed by atoms with E-state index in [-0.39, 0.29) is 12.2 Å². The number of rotatable bonds is 2. The molecule has 100 valence electrons. The molecule has 1 aromatic rings. The van der Waals surface area contributed by atoms with Crippen LogP contribution in [0.5, 0.6) is 0 Å². The van der Waals surface area contributed by atoms with Crippen LogP contribution in [0.3, 0.4) is 0 Å². The van der Waals surface area contributed by atoms with Crippen molar-refractivity contribution in [3.8, 4) is 0 Å². The van der Waals surface area contributed by atoms with Gasteiger partial charge in [-0.1, -0.05) is 30.3 Å². The van der Waals surface area contributed by atoms with Gasteiger partial charge in [0.05, 0.1) is 5.92 Å². The van der Waals surface area contributed by atoms with Crippen LogP contribution in [0.2, 0.25) is 0 Å². The van der Waals surface area contributed by atoms with Crippen molar-refractivity contribution in [1.29, 1.82) is 0 Å². The number of nitrogens with zero attached hydrogens (tertiary/aromatic N) is 1. The average Bonchev–Trinajstić information content (AvgIpc) is 2.53. The second-order valence-corrected chi connectivity index (χ2v) is 5.45. The minimum absolute atomic E-state index is 0.206. The summed E-state index contributed by atoms with van der Waals surface area (Å²) in [5, 5.41) is 21.8. The molecule has 0 aromatic heterocycles. The lowest BCUT2D eigenvalue weighted by Gasteiger charge is -2.25. The second kappa shape index (κ2) is 4.13. The van der Waals surface area contributed by atoms with Crippen LogP contribution < -0.4 is 0 Å². The van der Waals surface area contributed by atoms with Crippen molar-refractivity contribution in [3.63, 3.8) is 0 Å². The van der Waals surface area contributed by atoms with Gasteiger partial charge in [-0.2, -0.15) is 0 Å². The lowest BCUT2D eigenvalue weighted by Crippen LogP contribution is -2.49. The van der Waals surface area contributed by atoms with Gasteiger partial charge in [-0.25, -0.2) is 0 Å². The molecule has 0 spiro atoms. The molecule has 5 heteroatoms. The molecule has 0 unspecified atom stereocenters. The summed E-state index contributed by atoms with van der Waals surface area (Å²) in [4.78, 5) is 23.2. The van der Waals surface area contributed by atoms with Crippen molar-refractivity contribution in [1.82, 2.24) is 0 Å². The Morgan fingerprint density at radius 1 is 1.32 bits per heavy atom. The fourth-order valence-electron chi connectivity index (χ4n) is 3.72. The van der Waals surface area contributed by atoms with Crippen LogP contribution in [-0.4, -0.2) is 27.5 Å². The molecule has 0 heterocycles. The Kier molecular flexibility index (Phi) is 2.67. The molecule has 19 heavy (non-hydrogen) atoms. The number of hydrogen-bond donors (Lipinski definition) is 1.